The standard InChI is InChI=1S/C15H21NO2/c1-14(2,3)11-7-10(9-17)13(16-18)12(8-11)15(4,5)6/h7-9H,1-6H3. The van der Waals surface area contributed by atoms with Crippen molar-refractivity contribution in [2.45, 2.75) is 52.4 Å². The molecule has 0 aliphatic carbocycles. The molecule has 0 aliphatic heterocycles. The zero-order chi connectivity index (χ0) is 14.1. The molecular weight excluding hydrogens is 226 g/mol. The second kappa shape index (κ2) is 4.63. The first-order valence-electron chi connectivity index (χ1n) is 6.09. The predicted octanol–water partition coefficient (Wildman–Crippen LogP) is 4.49. The lowest BCUT2D eigenvalue weighted by Gasteiger charge is -2.26. The van der Waals surface area contributed by atoms with Gasteiger partial charge in [-0.15, -0.1) is 4.91 Å². The van der Waals surface area contributed by atoms with Gasteiger partial charge in [0.1, 0.15) is 5.69 Å². The van der Waals surface area contributed by atoms with E-state index < -0.39 is 0 Å². The Balaban J connectivity index is 3.67. The first kappa shape index (κ1) is 14.6. The smallest absolute Gasteiger partial charge is 0.152 e. The number of hydrogen-bond acceptors (Lipinski definition) is 3. The van der Waals surface area contributed by atoms with Crippen LogP contribution in [0.25, 0.3) is 0 Å². The molecule has 0 aromatic heterocycles. The fourth-order valence-corrected chi connectivity index (χ4v) is 1.85. The SMILES string of the molecule is CC(C)(C)c1cc(C=O)c(N=O)c(C(C)(C)C)c1. The third-order valence-corrected chi connectivity index (χ3v) is 3.03. The van der Waals surface area contributed by atoms with Crippen LogP contribution in [-0.4, -0.2) is 6.29 Å². The zero-order valence-corrected chi connectivity index (χ0v) is 12.0. The highest BCUT2D eigenvalue weighted by molar-refractivity contribution is 5.85. The molecule has 0 atom stereocenters. The van der Waals surface area contributed by atoms with E-state index in [0.29, 0.717) is 11.8 Å². The molecule has 1 aromatic carbocycles. The van der Waals surface area contributed by atoms with Gasteiger partial charge in [0.25, 0.3) is 0 Å². The maximum Gasteiger partial charge on any atom is 0.152 e. The second-order valence-corrected chi connectivity index (χ2v) is 6.67. The average molecular weight is 247 g/mol. The molecule has 0 N–H and O–H groups in total. The maximum absolute atomic E-state index is 11.1. The third kappa shape index (κ3) is 2.84. The lowest BCUT2D eigenvalue weighted by Crippen LogP contribution is -2.17. The molecule has 0 fully saturated rings. The molecule has 3 nitrogen and oxygen atoms in total. The van der Waals surface area contributed by atoms with E-state index in [1.165, 1.54) is 0 Å². The molecule has 0 amide bonds. The van der Waals surface area contributed by atoms with E-state index in [1.54, 1.807) is 6.07 Å². The normalized spacial score (nSPS) is 12.3. The van der Waals surface area contributed by atoms with Crippen molar-refractivity contribution >= 4 is 12.0 Å². The molecule has 0 bridgehead atoms. The highest BCUT2D eigenvalue weighted by Crippen LogP contribution is 2.37. The Bertz CT molecular complexity index is 476. The van der Waals surface area contributed by atoms with Crippen LogP contribution in [0.15, 0.2) is 17.3 Å². The Labute approximate surface area is 109 Å². The van der Waals surface area contributed by atoms with Gasteiger partial charge < -0.3 is 0 Å². The Kier molecular flexibility index (Phi) is 3.75. The van der Waals surface area contributed by atoms with Crippen LogP contribution < -0.4 is 0 Å². The minimum absolute atomic E-state index is 0.0703. The maximum atomic E-state index is 11.1. The van der Waals surface area contributed by atoms with Crippen molar-refractivity contribution in [1.82, 2.24) is 0 Å². The van der Waals surface area contributed by atoms with Crippen molar-refractivity contribution in [1.29, 1.82) is 0 Å². The van der Waals surface area contributed by atoms with E-state index in [1.807, 2.05) is 26.8 Å². The summed E-state index contributed by atoms with van der Waals surface area (Å²) in [4.78, 5) is 22.2. The fraction of sp³-hybridized carbons (Fsp3) is 0.533. The van der Waals surface area contributed by atoms with Gasteiger partial charge in [-0.25, -0.2) is 0 Å². The third-order valence-electron chi connectivity index (χ3n) is 3.03. The van der Waals surface area contributed by atoms with Crippen molar-refractivity contribution in [3.8, 4) is 0 Å². The number of carbonyl (C=O) groups excluding carboxylic acids is 1. The number of nitrogens with zero attached hydrogens (tertiary/aromatic N) is 1. The van der Waals surface area contributed by atoms with Crippen LogP contribution in [0.5, 0.6) is 0 Å². The number of nitroso groups, excluding NO2 is 1. The lowest BCUT2D eigenvalue weighted by atomic mass is 9.78. The van der Waals surface area contributed by atoms with Gasteiger partial charge in [0.05, 0.1) is 0 Å². The number of benzene rings is 1. The largest absolute Gasteiger partial charge is 0.298 e. The molecule has 0 heterocycles. The first-order valence-corrected chi connectivity index (χ1v) is 6.09. The summed E-state index contributed by atoms with van der Waals surface area (Å²) in [5.41, 5.74) is 2.23. The number of carbonyl (C=O) groups is 1. The Morgan fingerprint density at radius 3 is 1.89 bits per heavy atom. The van der Waals surface area contributed by atoms with Crippen LogP contribution >= 0.6 is 0 Å². The van der Waals surface area contributed by atoms with Gasteiger partial charge >= 0.3 is 0 Å². The minimum atomic E-state index is -0.220. The summed E-state index contributed by atoms with van der Waals surface area (Å²) in [6.07, 6.45) is 0.710. The van der Waals surface area contributed by atoms with Crippen molar-refractivity contribution in [3.05, 3.63) is 33.7 Å². The molecule has 1 rings (SSSR count). The first-order chi connectivity index (χ1) is 8.11. The van der Waals surface area contributed by atoms with Gasteiger partial charge in [0.2, 0.25) is 0 Å². The van der Waals surface area contributed by atoms with Crippen LogP contribution in [-0.2, 0) is 10.8 Å². The van der Waals surface area contributed by atoms with Crippen LogP contribution in [0.4, 0.5) is 5.69 Å². The number of aldehydes is 1. The van der Waals surface area contributed by atoms with E-state index in [4.69, 9.17) is 0 Å². The van der Waals surface area contributed by atoms with Crippen molar-refractivity contribution in [2.24, 2.45) is 5.18 Å². The summed E-state index contributed by atoms with van der Waals surface area (Å²) >= 11 is 0. The van der Waals surface area contributed by atoms with Gasteiger partial charge in [-0.2, -0.15) is 0 Å². The van der Waals surface area contributed by atoms with Crippen molar-refractivity contribution in [2.75, 3.05) is 0 Å². The van der Waals surface area contributed by atoms with Gasteiger partial charge in [-0.3, -0.25) is 4.79 Å². The molecule has 98 valence electrons. The van der Waals surface area contributed by atoms with Crippen LogP contribution in [0.2, 0.25) is 0 Å². The van der Waals surface area contributed by atoms with Crippen molar-refractivity contribution in [3.63, 3.8) is 0 Å². The summed E-state index contributed by atoms with van der Waals surface area (Å²) < 4.78 is 0. The Morgan fingerprint density at radius 2 is 1.56 bits per heavy atom. The van der Waals surface area contributed by atoms with Gasteiger partial charge in [0.15, 0.2) is 6.29 Å². The van der Waals surface area contributed by atoms with Crippen molar-refractivity contribution < 1.29 is 4.79 Å². The van der Waals surface area contributed by atoms with E-state index >= 15 is 0 Å². The highest BCUT2D eigenvalue weighted by Gasteiger charge is 2.25. The van der Waals surface area contributed by atoms with Crippen LogP contribution in [0, 0.1) is 4.91 Å². The summed E-state index contributed by atoms with van der Waals surface area (Å²) in [5, 5.41) is 3.05. The Morgan fingerprint density at radius 1 is 1.00 bits per heavy atom. The second-order valence-electron chi connectivity index (χ2n) is 6.67. The topological polar surface area (TPSA) is 46.5 Å². The molecule has 18 heavy (non-hydrogen) atoms. The molecule has 0 spiro atoms. The average Bonchev–Trinajstić information content (AvgIpc) is 2.24. The summed E-state index contributed by atoms with van der Waals surface area (Å²) in [6, 6.07) is 3.75. The van der Waals surface area contributed by atoms with E-state index in [0.717, 1.165) is 11.1 Å². The molecule has 1 aromatic rings. The van der Waals surface area contributed by atoms with E-state index in [-0.39, 0.29) is 16.5 Å². The highest BCUT2D eigenvalue weighted by atomic mass is 16.3. The number of hydrogen-bond donors (Lipinski definition) is 0. The minimum Gasteiger partial charge on any atom is -0.298 e. The zero-order valence-electron chi connectivity index (χ0n) is 12.0. The fourth-order valence-electron chi connectivity index (χ4n) is 1.85. The molecule has 3 heteroatoms. The molecule has 0 radical (unpaired) electrons. The van der Waals surface area contributed by atoms with Gasteiger partial charge in [-0.1, -0.05) is 47.6 Å². The predicted molar refractivity (Wildman–Crippen MR) is 74.7 cm³/mol. The molecule has 0 unspecified atom stereocenters. The van der Waals surface area contributed by atoms with Gasteiger partial charge in [0, 0.05) is 5.56 Å². The van der Waals surface area contributed by atoms with E-state index in [2.05, 4.69) is 25.9 Å². The summed E-state index contributed by atoms with van der Waals surface area (Å²) in [5.74, 6) is 0. The van der Waals surface area contributed by atoms with Crippen LogP contribution in [0.3, 0.4) is 0 Å². The van der Waals surface area contributed by atoms with E-state index in [9.17, 15) is 9.70 Å². The Hall–Kier alpha value is -1.51. The monoisotopic (exact) mass is 247 g/mol. The molecule has 0 aliphatic rings. The quantitative estimate of drug-likeness (QED) is 0.571. The van der Waals surface area contributed by atoms with Gasteiger partial charge in [-0.05, 0) is 33.2 Å². The lowest BCUT2D eigenvalue weighted by molar-refractivity contribution is 0.112. The van der Waals surface area contributed by atoms with Crippen LogP contribution in [0.1, 0.15) is 63.0 Å². The summed E-state index contributed by atoms with van der Waals surface area (Å²) in [7, 11) is 0. The molecule has 0 saturated carbocycles. The molecule has 0 saturated heterocycles. The number of rotatable bonds is 2. The molecular formula is C15H21NO2. The summed E-state index contributed by atoms with van der Waals surface area (Å²) in [6.45, 7) is 12.3.